The Bertz CT molecular complexity index is 1480. The Kier molecular flexibility index (Phi) is 11.1. The second-order valence-electron chi connectivity index (χ2n) is 9.41. The monoisotopic (exact) mass is 606 g/mol. The molecule has 0 radical (unpaired) electrons. The van der Waals surface area contributed by atoms with Gasteiger partial charge in [-0.3, -0.25) is 9.59 Å². The Morgan fingerprint density at radius 1 is 0.786 bits per heavy atom. The normalized spacial score (nSPS) is 11.3. The summed E-state index contributed by atoms with van der Waals surface area (Å²) in [5, 5.41) is 3.99. The van der Waals surface area contributed by atoms with E-state index in [9.17, 15) is 9.59 Å². The SMILES string of the molecule is COc1ccc(CCNC(=O)C(c2ccccc2)N(Cc2ccc(Cl)cc2)C(=O)COc2ccccc2Cl)cc1OC. The highest BCUT2D eigenvalue weighted by molar-refractivity contribution is 6.32. The van der Waals surface area contributed by atoms with Crippen LogP contribution in [0.2, 0.25) is 10.0 Å². The first-order valence-corrected chi connectivity index (χ1v) is 14.1. The van der Waals surface area contributed by atoms with Crippen molar-refractivity contribution >= 4 is 35.0 Å². The zero-order valence-electron chi connectivity index (χ0n) is 23.4. The van der Waals surface area contributed by atoms with Gasteiger partial charge in [-0.2, -0.15) is 0 Å². The minimum atomic E-state index is -0.922. The minimum Gasteiger partial charge on any atom is -0.493 e. The number of carbonyl (C=O) groups is 2. The molecule has 0 aliphatic carbocycles. The van der Waals surface area contributed by atoms with E-state index in [1.165, 1.54) is 4.90 Å². The topological polar surface area (TPSA) is 77.1 Å². The minimum absolute atomic E-state index is 0.157. The molecule has 0 saturated carbocycles. The lowest BCUT2D eigenvalue weighted by Gasteiger charge is -2.31. The Balaban J connectivity index is 1.58. The van der Waals surface area contributed by atoms with Crippen molar-refractivity contribution in [3.05, 3.63) is 124 Å². The molecule has 0 heterocycles. The summed E-state index contributed by atoms with van der Waals surface area (Å²) >= 11 is 12.3. The van der Waals surface area contributed by atoms with Crippen LogP contribution in [0.15, 0.2) is 97.1 Å². The van der Waals surface area contributed by atoms with E-state index in [1.54, 1.807) is 50.6 Å². The molecular formula is C33H32Cl2N2O5. The first-order chi connectivity index (χ1) is 20.4. The average Bonchev–Trinajstić information content (AvgIpc) is 3.01. The van der Waals surface area contributed by atoms with Crippen LogP contribution in [0, 0.1) is 0 Å². The van der Waals surface area contributed by atoms with Crippen LogP contribution in [-0.2, 0) is 22.6 Å². The van der Waals surface area contributed by atoms with Crippen molar-refractivity contribution < 1.29 is 23.8 Å². The zero-order chi connectivity index (χ0) is 29.9. The summed E-state index contributed by atoms with van der Waals surface area (Å²) < 4.78 is 16.5. The number of methoxy groups -OCH3 is 2. The molecule has 1 atom stereocenters. The van der Waals surface area contributed by atoms with Crippen molar-refractivity contribution in [2.24, 2.45) is 0 Å². The third kappa shape index (κ3) is 8.18. The number of hydrogen-bond acceptors (Lipinski definition) is 5. The lowest BCUT2D eigenvalue weighted by molar-refractivity contribution is -0.143. The van der Waals surface area contributed by atoms with E-state index in [-0.39, 0.29) is 25.0 Å². The lowest BCUT2D eigenvalue weighted by Crippen LogP contribution is -2.45. The van der Waals surface area contributed by atoms with Gasteiger partial charge in [0.25, 0.3) is 5.91 Å². The molecule has 0 fully saturated rings. The smallest absolute Gasteiger partial charge is 0.261 e. The van der Waals surface area contributed by atoms with Crippen LogP contribution in [0.4, 0.5) is 0 Å². The van der Waals surface area contributed by atoms with Crippen molar-refractivity contribution in [2.75, 3.05) is 27.4 Å². The quantitative estimate of drug-likeness (QED) is 0.187. The summed E-state index contributed by atoms with van der Waals surface area (Å²) in [4.78, 5) is 29.1. The van der Waals surface area contributed by atoms with Crippen molar-refractivity contribution in [1.82, 2.24) is 10.2 Å². The Labute approximate surface area is 255 Å². The maximum Gasteiger partial charge on any atom is 0.261 e. The maximum absolute atomic E-state index is 13.8. The summed E-state index contributed by atoms with van der Waals surface area (Å²) in [7, 11) is 3.16. The number of ether oxygens (including phenoxy) is 3. The van der Waals surface area contributed by atoms with Gasteiger partial charge < -0.3 is 24.4 Å². The molecule has 0 aliphatic heterocycles. The highest BCUT2D eigenvalue weighted by Crippen LogP contribution is 2.29. The van der Waals surface area contributed by atoms with E-state index >= 15 is 0 Å². The molecule has 9 heteroatoms. The number of amides is 2. The molecule has 0 bridgehead atoms. The van der Waals surface area contributed by atoms with Crippen LogP contribution >= 0.6 is 23.2 Å². The van der Waals surface area contributed by atoms with E-state index in [2.05, 4.69) is 5.32 Å². The molecule has 0 aromatic heterocycles. The number of benzene rings is 4. The molecule has 0 saturated heterocycles. The van der Waals surface area contributed by atoms with E-state index in [4.69, 9.17) is 37.4 Å². The third-order valence-electron chi connectivity index (χ3n) is 6.61. The first-order valence-electron chi connectivity index (χ1n) is 13.3. The molecule has 218 valence electrons. The Morgan fingerprint density at radius 2 is 1.45 bits per heavy atom. The van der Waals surface area contributed by atoms with Gasteiger partial charge in [-0.05, 0) is 59.5 Å². The summed E-state index contributed by atoms with van der Waals surface area (Å²) in [5.41, 5.74) is 2.44. The number of para-hydroxylation sites is 1. The summed E-state index contributed by atoms with van der Waals surface area (Å²) in [6.07, 6.45) is 0.550. The van der Waals surface area contributed by atoms with Crippen LogP contribution in [0.5, 0.6) is 17.2 Å². The maximum atomic E-state index is 13.8. The standard InChI is InChI=1S/C33H32Cl2N2O5/c1-40-29-17-14-23(20-30(29)41-2)18-19-36-33(39)32(25-8-4-3-5-9-25)37(21-24-12-15-26(34)16-13-24)31(38)22-42-28-11-7-6-10-27(28)35/h3-17,20,32H,18-19,21-22H2,1-2H3,(H,36,39). The number of rotatable bonds is 13. The van der Waals surface area contributed by atoms with E-state index in [1.807, 2.05) is 60.7 Å². The van der Waals surface area contributed by atoms with Crippen LogP contribution < -0.4 is 19.5 Å². The molecule has 0 aliphatic rings. The number of nitrogens with one attached hydrogen (secondary N) is 1. The Morgan fingerprint density at radius 3 is 2.14 bits per heavy atom. The second-order valence-corrected chi connectivity index (χ2v) is 10.3. The number of hydrogen-bond donors (Lipinski definition) is 1. The van der Waals surface area contributed by atoms with Gasteiger partial charge in [-0.25, -0.2) is 0 Å². The summed E-state index contributed by atoms with van der Waals surface area (Å²) in [6, 6.07) is 28.0. The number of carbonyl (C=O) groups excluding carboxylic acids is 2. The lowest BCUT2D eigenvalue weighted by atomic mass is 10.0. The van der Waals surface area contributed by atoms with Gasteiger partial charge in [0.15, 0.2) is 18.1 Å². The molecule has 4 aromatic carbocycles. The highest BCUT2D eigenvalue weighted by atomic mass is 35.5. The molecule has 2 amide bonds. The van der Waals surface area contributed by atoms with Gasteiger partial charge >= 0.3 is 0 Å². The molecule has 1 N–H and O–H groups in total. The number of nitrogens with zero attached hydrogens (tertiary/aromatic N) is 1. The van der Waals surface area contributed by atoms with Crippen LogP contribution in [0.25, 0.3) is 0 Å². The first kappa shape index (κ1) is 30.8. The average molecular weight is 608 g/mol. The second kappa shape index (κ2) is 15.1. The van der Waals surface area contributed by atoms with Crippen LogP contribution in [0.3, 0.4) is 0 Å². The van der Waals surface area contributed by atoms with Gasteiger partial charge in [-0.15, -0.1) is 0 Å². The van der Waals surface area contributed by atoms with Crippen LogP contribution in [0.1, 0.15) is 22.7 Å². The number of halogens is 2. The van der Waals surface area contributed by atoms with E-state index in [0.29, 0.717) is 45.8 Å². The van der Waals surface area contributed by atoms with Crippen LogP contribution in [-0.4, -0.2) is 44.1 Å². The predicted molar refractivity (Wildman–Crippen MR) is 164 cm³/mol. The fourth-order valence-corrected chi connectivity index (χ4v) is 4.78. The Hall–Kier alpha value is -4.20. The van der Waals surface area contributed by atoms with Gasteiger partial charge in [0.2, 0.25) is 5.91 Å². The summed E-state index contributed by atoms with van der Waals surface area (Å²) in [5.74, 6) is 0.927. The third-order valence-corrected chi connectivity index (χ3v) is 7.17. The van der Waals surface area contributed by atoms with Crippen molar-refractivity contribution in [3.63, 3.8) is 0 Å². The van der Waals surface area contributed by atoms with Crippen molar-refractivity contribution in [1.29, 1.82) is 0 Å². The predicted octanol–water partition coefficient (Wildman–Crippen LogP) is 6.52. The van der Waals surface area contributed by atoms with Crippen molar-refractivity contribution in [2.45, 2.75) is 19.0 Å². The largest absolute Gasteiger partial charge is 0.493 e. The molecule has 4 aromatic rings. The van der Waals surface area contributed by atoms with E-state index < -0.39 is 6.04 Å². The van der Waals surface area contributed by atoms with Gasteiger partial charge in [0, 0.05) is 18.1 Å². The fraction of sp³-hybridized carbons (Fsp3) is 0.212. The van der Waals surface area contributed by atoms with Gasteiger partial charge in [0.05, 0.1) is 19.2 Å². The zero-order valence-corrected chi connectivity index (χ0v) is 24.9. The molecule has 42 heavy (non-hydrogen) atoms. The molecule has 1 unspecified atom stereocenters. The van der Waals surface area contributed by atoms with Gasteiger partial charge in [0.1, 0.15) is 11.8 Å². The molecule has 4 rings (SSSR count). The molecule has 0 spiro atoms. The van der Waals surface area contributed by atoms with E-state index in [0.717, 1.165) is 11.1 Å². The molecular weight excluding hydrogens is 575 g/mol. The molecule has 7 nitrogen and oxygen atoms in total. The van der Waals surface area contributed by atoms with Crippen molar-refractivity contribution in [3.8, 4) is 17.2 Å². The summed E-state index contributed by atoms with van der Waals surface area (Å²) in [6.45, 7) is 0.195. The highest BCUT2D eigenvalue weighted by Gasteiger charge is 2.32. The van der Waals surface area contributed by atoms with Gasteiger partial charge in [-0.1, -0.05) is 83.9 Å². The fourth-order valence-electron chi connectivity index (χ4n) is 4.47.